The number of hydrogen-bond acceptors (Lipinski definition) is 2. The zero-order chi connectivity index (χ0) is 13.0. The SMILES string of the molecule is OCc1ccc(CNc2cccc(Cl)c2Br)cc1. The van der Waals surface area contributed by atoms with Crippen molar-refractivity contribution in [3.63, 3.8) is 0 Å². The highest BCUT2D eigenvalue weighted by molar-refractivity contribution is 9.10. The summed E-state index contributed by atoms with van der Waals surface area (Å²) in [5.41, 5.74) is 3.04. The second-order valence-corrected chi connectivity index (χ2v) is 5.13. The highest BCUT2D eigenvalue weighted by Gasteiger charge is 2.03. The van der Waals surface area contributed by atoms with E-state index in [9.17, 15) is 0 Å². The fraction of sp³-hybridized carbons (Fsp3) is 0.143. The van der Waals surface area contributed by atoms with Crippen LogP contribution in [0.4, 0.5) is 5.69 Å². The molecule has 0 aliphatic rings. The summed E-state index contributed by atoms with van der Waals surface area (Å²) >= 11 is 9.47. The van der Waals surface area contributed by atoms with Crippen LogP contribution in [-0.2, 0) is 13.2 Å². The van der Waals surface area contributed by atoms with Crippen molar-refractivity contribution in [2.45, 2.75) is 13.2 Å². The first-order valence-electron chi connectivity index (χ1n) is 5.57. The van der Waals surface area contributed by atoms with Crippen molar-refractivity contribution in [1.82, 2.24) is 0 Å². The number of aliphatic hydroxyl groups is 1. The summed E-state index contributed by atoms with van der Waals surface area (Å²) in [6.07, 6.45) is 0. The van der Waals surface area contributed by atoms with E-state index in [0.717, 1.165) is 21.3 Å². The molecule has 0 aliphatic carbocycles. The van der Waals surface area contributed by atoms with E-state index >= 15 is 0 Å². The second-order valence-electron chi connectivity index (χ2n) is 3.93. The van der Waals surface area contributed by atoms with Gasteiger partial charge in [-0.05, 0) is 39.2 Å². The van der Waals surface area contributed by atoms with Crippen LogP contribution in [0.1, 0.15) is 11.1 Å². The third-order valence-corrected chi connectivity index (χ3v) is 4.04. The molecule has 0 aliphatic heterocycles. The van der Waals surface area contributed by atoms with Crippen molar-refractivity contribution < 1.29 is 5.11 Å². The van der Waals surface area contributed by atoms with E-state index in [-0.39, 0.29) is 6.61 Å². The number of aliphatic hydroxyl groups excluding tert-OH is 1. The average molecular weight is 327 g/mol. The maximum atomic E-state index is 8.97. The molecule has 2 rings (SSSR count). The number of rotatable bonds is 4. The van der Waals surface area contributed by atoms with Crippen molar-refractivity contribution in [3.8, 4) is 0 Å². The van der Waals surface area contributed by atoms with Gasteiger partial charge in [-0.2, -0.15) is 0 Å². The van der Waals surface area contributed by atoms with Gasteiger partial charge >= 0.3 is 0 Å². The van der Waals surface area contributed by atoms with Crippen LogP contribution in [0.25, 0.3) is 0 Å². The van der Waals surface area contributed by atoms with Crippen molar-refractivity contribution in [3.05, 3.63) is 63.1 Å². The van der Waals surface area contributed by atoms with Crippen molar-refractivity contribution in [1.29, 1.82) is 0 Å². The fourth-order valence-electron chi connectivity index (χ4n) is 1.60. The lowest BCUT2D eigenvalue weighted by atomic mass is 10.1. The van der Waals surface area contributed by atoms with Crippen LogP contribution in [0, 0.1) is 0 Å². The number of hydrogen-bond donors (Lipinski definition) is 2. The van der Waals surface area contributed by atoms with Crippen molar-refractivity contribution in [2.75, 3.05) is 5.32 Å². The zero-order valence-corrected chi connectivity index (χ0v) is 12.0. The Morgan fingerprint density at radius 3 is 2.39 bits per heavy atom. The molecule has 0 saturated carbocycles. The summed E-state index contributed by atoms with van der Waals surface area (Å²) in [7, 11) is 0. The van der Waals surface area contributed by atoms with Crippen molar-refractivity contribution >= 4 is 33.2 Å². The molecule has 0 unspecified atom stereocenters. The molecule has 18 heavy (non-hydrogen) atoms. The van der Waals surface area contributed by atoms with Gasteiger partial charge in [-0.25, -0.2) is 0 Å². The highest BCUT2D eigenvalue weighted by Crippen LogP contribution is 2.30. The topological polar surface area (TPSA) is 32.3 Å². The summed E-state index contributed by atoms with van der Waals surface area (Å²) in [4.78, 5) is 0. The summed E-state index contributed by atoms with van der Waals surface area (Å²) in [5, 5.41) is 13.0. The van der Waals surface area contributed by atoms with E-state index < -0.39 is 0 Å². The monoisotopic (exact) mass is 325 g/mol. The molecule has 2 N–H and O–H groups in total. The van der Waals surface area contributed by atoms with Gasteiger partial charge in [-0.1, -0.05) is 41.9 Å². The lowest BCUT2D eigenvalue weighted by Gasteiger charge is -2.10. The standard InChI is InChI=1S/C14H13BrClNO/c15-14-12(16)2-1-3-13(14)17-8-10-4-6-11(9-18)7-5-10/h1-7,17-18H,8-9H2. The molecule has 0 heterocycles. The minimum absolute atomic E-state index is 0.0769. The van der Waals surface area contributed by atoms with Gasteiger partial charge in [0.25, 0.3) is 0 Å². The Kier molecular flexibility index (Phi) is 4.64. The molecule has 0 fully saturated rings. The third kappa shape index (κ3) is 3.25. The van der Waals surface area contributed by atoms with Gasteiger partial charge in [-0.15, -0.1) is 0 Å². The van der Waals surface area contributed by atoms with Crippen LogP contribution in [0.5, 0.6) is 0 Å². The Balaban J connectivity index is 2.04. The van der Waals surface area contributed by atoms with Gasteiger partial charge in [-0.3, -0.25) is 0 Å². The first-order chi connectivity index (χ1) is 8.70. The van der Waals surface area contributed by atoms with Gasteiger partial charge in [0.15, 0.2) is 0 Å². The molecule has 2 aromatic rings. The summed E-state index contributed by atoms with van der Waals surface area (Å²) < 4.78 is 0.874. The molecule has 0 bridgehead atoms. The Labute approximate surface area is 120 Å². The predicted octanol–water partition coefficient (Wildman–Crippen LogP) is 4.21. The quantitative estimate of drug-likeness (QED) is 0.882. The molecule has 0 saturated heterocycles. The minimum atomic E-state index is 0.0769. The van der Waals surface area contributed by atoms with E-state index in [2.05, 4.69) is 21.2 Å². The maximum absolute atomic E-state index is 8.97. The van der Waals surface area contributed by atoms with Gasteiger partial charge in [0, 0.05) is 6.54 Å². The summed E-state index contributed by atoms with van der Waals surface area (Å²) in [5.74, 6) is 0. The average Bonchev–Trinajstić information content (AvgIpc) is 2.41. The van der Waals surface area contributed by atoms with Gasteiger partial charge in [0.05, 0.1) is 21.8 Å². The van der Waals surface area contributed by atoms with Crippen LogP contribution < -0.4 is 5.32 Å². The van der Waals surface area contributed by atoms with Crippen LogP contribution >= 0.6 is 27.5 Å². The Morgan fingerprint density at radius 1 is 1.06 bits per heavy atom. The fourth-order valence-corrected chi connectivity index (χ4v) is 2.18. The smallest absolute Gasteiger partial charge is 0.0681 e. The number of benzene rings is 2. The Hall–Kier alpha value is -1.03. The molecule has 0 atom stereocenters. The van der Waals surface area contributed by atoms with Gasteiger partial charge in [0.2, 0.25) is 0 Å². The van der Waals surface area contributed by atoms with E-state index in [4.69, 9.17) is 16.7 Å². The number of nitrogens with one attached hydrogen (secondary N) is 1. The van der Waals surface area contributed by atoms with Crippen LogP contribution in [-0.4, -0.2) is 5.11 Å². The first kappa shape index (κ1) is 13.4. The number of halogens is 2. The maximum Gasteiger partial charge on any atom is 0.0681 e. The molecule has 4 heteroatoms. The molecule has 0 radical (unpaired) electrons. The lowest BCUT2D eigenvalue weighted by Crippen LogP contribution is -2.00. The van der Waals surface area contributed by atoms with Gasteiger partial charge in [0.1, 0.15) is 0 Å². The van der Waals surface area contributed by atoms with E-state index in [1.165, 1.54) is 0 Å². The second kappa shape index (κ2) is 6.23. The minimum Gasteiger partial charge on any atom is -0.392 e. The Bertz CT molecular complexity index is 528. The Morgan fingerprint density at radius 2 is 1.72 bits per heavy atom. The molecule has 0 aromatic heterocycles. The molecule has 0 spiro atoms. The van der Waals surface area contributed by atoms with Crippen molar-refractivity contribution in [2.24, 2.45) is 0 Å². The summed E-state index contributed by atoms with van der Waals surface area (Å²) in [6, 6.07) is 13.6. The molecule has 94 valence electrons. The van der Waals surface area contributed by atoms with E-state index in [1.54, 1.807) is 0 Å². The molecular weight excluding hydrogens is 314 g/mol. The molecular formula is C14H13BrClNO. The van der Waals surface area contributed by atoms with E-state index in [1.807, 2.05) is 42.5 Å². The third-order valence-electron chi connectivity index (χ3n) is 2.64. The highest BCUT2D eigenvalue weighted by atomic mass is 79.9. The largest absolute Gasteiger partial charge is 0.392 e. The summed E-state index contributed by atoms with van der Waals surface area (Å²) in [6.45, 7) is 0.790. The van der Waals surface area contributed by atoms with Crippen LogP contribution in [0.15, 0.2) is 46.9 Å². The predicted molar refractivity (Wildman–Crippen MR) is 78.8 cm³/mol. The van der Waals surface area contributed by atoms with Crippen LogP contribution in [0.2, 0.25) is 5.02 Å². The zero-order valence-electron chi connectivity index (χ0n) is 9.66. The molecule has 2 nitrogen and oxygen atoms in total. The number of anilines is 1. The van der Waals surface area contributed by atoms with E-state index in [0.29, 0.717) is 11.6 Å². The molecule has 0 amide bonds. The first-order valence-corrected chi connectivity index (χ1v) is 6.74. The van der Waals surface area contributed by atoms with Gasteiger partial charge < -0.3 is 10.4 Å². The van der Waals surface area contributed by atoms with Crippen LogP contribution in [0.3, 0.4) is 0 Å². The normalized spacial score (nSPS) is 10.4. The lowest BCUT2D eigenvalue weighted by molar-refractivity contribution is 0.282. The molecule has 2 aromatic carbocycles.